The molecule has 0 saturated heterocycles. The van der Waals surface area contributed by atoms with E-state index in [-0.39, 0.29) is 40.7 Å². The maximum atomic E-state index is 9.36. The van der Waals surface area contributed by atoms with Gasteiger partial charge in [-0.3, -0.25) is 0 Å². The topological polar surface area (TPSA) is 165 Å². The first-order chi connectivity index (χ1) is 5.54. The number of carbonyl (C=O) groups excluding carboxylic acids is 2. The van der Waals surface area contributed by atoms with Gasteiger partial charge >= 0.3 is 16.5 Å². The third kappa shape index (κ3) is 60.7. The monoisotopic (exact) mass is 274 g/mol. The molecule has 15 heavy (non-hydrogen) atoms. The number of hydrogen-bond donors (Lipinski definition) is 0. The van der Waals surface area contributed by atoms with Gasteiger partial charge in [0, 0.05) is 14.2 Å². The Bertz CT molecular complexity index is 123. The van der Waals surface area contributed by atoms with Crippen molar-refractivity contribution in [3.8, 4) is 0 Å². The Balaban J connectivity index is -0.0000000370. The molecule has 0 saturated carbocycles. The second-order valence-corrected chi connectivity index (χ2v) is 1.61. The van der Waals surface area contributed by atoms with Crippen LogP contribution in [0, 0.1) is 0 Å². The Labute approximate surface area is 96.7 Å². The van der Waals surface area contributed by atoms with Crippen LogP contribution in [0.3, 0.4) is 0 Å². The van der Waals surface area contributed by atoms with E-state index in [1.807, 2.05) is 0 Å². The van der Waals surface area contributed by atoms with Gasteiger partial charge in [0.25, 0.3) is 0 Å². The minimum atomic E-state index is -1.18. The number of carbonyl (C=O) groups is 2. The molecule has 0 spiro atoms. The van der Waals surface area contributed by atoms with Crippen LogP contribution in [-0.4, -0.2) is 39.4 Å². The Morgan fingerprint density at radius 1 is 0.933 bits per heavy atom. The molecule has 0 fully saturated rings. The molecule has 0 bridgehead atoms. The second kappa shape index (κ2) is 23.3. The van der Waals surface area contributed by atoms with Gasteiger partial charge in [-0.25, -0.2) is 0 Å². The summed E-state index contributed by atoms with van der Waals surface area (Å²) in [7, 11) is 2.60. The van der Waals surface area contributed by atoms with Crippen LogP contribution in [0.1, 0.15) is 0 Å². The van der Waals surface area contributed by atoms with Gasteiger partial charge in [-0.2, -0.15) is 0 Å². The van der Waals surface area contributed by atoms with Gasteiger partial charge in [-0.05, 0) is 0 Å². The number of carboxylic acids is 2. The van der Waals surface area contributed by atoms with E-state index in [2.05, 4.69) is 9.47 Å². The molecule has 0 heterocycles. The van der Waals surface area contributed by atoms with Gasteiger partial charge in [0.05, 0.1) is 25.2 Å². The van der Waals surface area contributed by atoms with Crippen molar-refractivity contribution in [1.82, 2.24) is 0 Å². The smallest absolute Gasteiger partial charge is 0.548 e. The van der Waals surface area contributed by atoms with E-state index in [1.165, 1.54) is 14.2 Å². The average Bonchev–Trinajstić information content (AvgIpc) is 1.87. The molecule has 0 rings (SSSR count). The fraction of sp³-hybridized carbons (Fsp3) is 0.667. The fourth-order valence-corrected chi connectivity index (χ4v) is 0.236. The summed E-state index contributed by atoms with van der Waals surface area (Å²) in [5, 5.41) is 18.7. The zero-order valence-corrected chi connectivity index (χ0v) is 9.32. The number of methoxy groups -OCH3 is 2. The molecule has 96 valence electrons. The van der Waals surface area contributed by atoms with Crippen molar-refractivity contribution in [1.29, 1.82) is 0 Å². The molecule has 0 radical (unpaired) electrons. The molecule has 0 aromatic heterocycles. The third-order valence-corrected chi connectivity index (χ3v) is 0.524. The van der Waals surface area contributed by atoms with Gasteiger partial charge in [0.2, 0.25) is 0 Å². The zero-order chi connectivity index (χ0) is 9.98. The van der Waals surface area contributed by atoms with Crippen LogP contribution in [-0.2, 0) is 46.5 Å². The Kier molecular flexibility index (Phi) is 45.3. The van der Waals surface area contributed by atoms with Crippen LogP contribution < -0.4 is 10.2 Å². The molecule has 0 aliphatic rings. The van der Waals surface area contributed by atoms with E-state index in [0.29, 0.717) is 0 Å². The summed E-state index contributed by atoms with van der Waals surface area (Å²) in [6.45, 7) is -0.639. The summed E-state index contributed by atoms with van der Waals surface area (Å²) >= 11 is 0. The van der Waals surface area contributed by atoms with E-state index < -0.39 is 11.9 Å². The van der Waals surface area contributed by atoms with Crippen LogP contribution in [0.15, 0.2) is 0 Å². The number of ether oxygens (including phenoxy) is 2. The van der Waals surface area contributed by atoms with Crippen molar-refractivity contribution in [3.63, 3.8) is 0 Å². The van der Waals surface area contributed by atoms with Crippen molar-refractivity contribution in [2.75, 3.05) is 27.4 Å². The minimum Gasteiger partial charge on any atom is -0.548 e. The number of rotatable bonds is 4. The van der Waals surface area contributed by atoms with Gasteiger partial charge in [0.15, 0.2) is 0 Å². The Morgan fingerprint density at radius 3 is 1.13 bits per heavy atom. The summed E-state index contributed by atoms with van der Waals surface area (Å²) < 4.78 is 8.28. The molecule has 0 aromatic carbocycles. The molecule has 0 aromatic rings. The first kappa shape index (κ1) is 29.2. The minimum absolute atomic E-state index is 0. The van der Waals surface area contributed by atoms with E-state index in [4.69, 9.17) is 0 Å². The predicted octanol–water partition coefficient (Wildman–Crippen LogP) is -5.08. The van der Waals surface area contributed by atoms with Crippen LogP contribution in [0.2, 0.25) is 0 Å². The molecule has 0 aliphatic heterocycles. The van der Waals surface area contributed by atoms with Crippen molar-refractivity contribution in [2.45, 2.75) is 0 Å². The van der Waals surface area contributed by atoms with Crippen molar-refractivity contribution in [3.05, 3.63) is 0 Å². The van der Waals surface area contributed by atoms with Gasteiger partial charge in [-0.1, -0.05) is 0 Å². The van der Waals surface area contributed by atoms with Crippen LogP contribution >= 0.6 is 0 Å². The predicted molar refractivity (Wildman–Crippen MR) is 43.5 cm³/mol. The first-order valence-electron chi connectivity index (χ1n) is 2.92. The molecular weight excluding hydrogens is 259 g/mol. The summed E-state index contributed by atoms with van der Waals surface area (Å²) in [6, 6.07) is 0. The third-order valence-electron chi connectivity index (χ3n) is 0.524. The molecule has 8 nitrogen and oxygen atoms in total. The molecule has 9 heteroatoms. The number of aliphatic carboxylic acids is 2. The van der Waals surface area contributed by atoms with E-state index in [9.17, 15) is 19.8 Å². The van der Waals surface area contributed by atoms with Crippen molar-refractivity contribution in [2.24, 2.45) is 0 Å². The standard InChI is InChI=1S/2C3H6O3.Ni.2H2O/c2*1-6-2-3(4)5;;;/h2*2H2,1H3,(H,4,5);;2*1H2/q;;+2;;. The maximum absolute atomic E-state index is 9.36. The summed E-state index contributed by atoms with van der Waals surface area (Å²) in [6.07, 6.45) is 0. The second-order valence-electron chi connectivity index (χ2n) is 1.61. The Hall–Kier alpha value is -0.726. The van der Waals surface area contributed by atoms with Gasteiger partial charge in [0.1, 0.15) is 0 Å². The van der Waals surface area contributed by atoms with Crippen LogP contribution in [0.5, 0.6) is 0 Å². The number of carboxylic acid groups (broad SMARTS) is 2. The van der Waals surface area contributed by atoms with E-state index in [0.717, 1.165) is 0 Å². The van der Waals surface area contributed by atoms with Crippen LogP contribution in [0.25, 0.3) is 0 Å². The van der Waals surface area contributed by atoms with E-state index >= 15 is 0 Å². The fourth-order valence-electron chi connectivity index (χ4n) is 0.236. The van der Waals surface area contributed by atoms with Crippen LogP contribution in [0.4, 0.5) is 0 Å². The summed E-state index contributed by atoms with van der Waals surface area (Å²) in [5.41, 5.74) is 0. The maximum Gasteiger partial charge on any atom is 2.00 e. The number of hydrogen-bond acceptors (Lipinski definition) is 6. The largest absolute Gasteiger partial charge is 2.00 e. The molecule has 0 unspecified atom stereocenters. The molecule has 0 atom stereocenters. The van der Waals surface area contributed by atoms with Gasteiger partial charge in [-0.15, -0.1) is 0 Å². The first-order valence-corrected chi connectivity index (χ1v) is 2.92. The average molecular weight is 275 g/mol. The van der Waals surface area contributed by atoms with Crippen molar-refractivity contribution >= 4 is 11.9 Å². The van der Waals surface area contributed by atoms with E-state index in [1.54, 1.807) is 0 Å². The van der Waals surface area contributed by atoms with Gasteiger partial charge < -0.3 is 40.2 Å². The summed E-state index contributed by atoms with van der Waals surface area (Å²) in [4.78, 5) is 18.7. The summed E-state index contributed by atoms with van der Waals surface area (Å²) in [5.74, 6) is -2.37. The molecule has 6 N–H and O–H groups in total. The quantitative estimate of drug-likeness (QED) is 0.367. The molecule has 0 amide bonds. The van der Waals surface area contributed by atoms with Crippen molar-refractivity contribution < 1.29 is 56.7 Å². The zero-order valence-electron chi connectivity index (χ0n) is 8.33. The Morgan fingerprint density at radius 2 is 1.13 bits per heavy atom. The molecular formula is C6H16NiO8+2. The molecule has 0 aliphatic carbocycles. The normalized spacial score (nSPS) is 6.53. The SMILES string of the molecule is COCC(=O)[O-].COCC(=O)[O-].[Ni+2].[OH3+].[OH3+].